The second kappa shape index (κ2) is 27.7. The van der Waals surface area contributed by atoms with Crippen LogP contribution in [0.1, 0.15) is 11.1 Å². The molecule has 114 heavy (non-hydrogen) atoms. The largest absolute Gasteiger partial charge is 0.208 e. The van der Waals surface area contributed by atoms with E-state index < -0.39 is 0 Å². The molecule has 0 unspecified atom stereocenters. The van der Waals surface area contributed by atoms with Crippen molar-refractivity contribution in [3.05, 3.63) is 387 Å². The molecule has 18 aromatic carbocycles. The zero-order valence-electron chi connectivity index (χ0n) is 61.4. The van der Waals surface area contributed by atoms with Crippen molar-refractivity contribution in [2.24, 2.45) is 0 Å². The van der Waals surface area contributed by atoms with Crippen LogP contribution in [0.15, 0.2) is 376 Å². The van der Waals surface area contributed by atoms with Crippen LogP contribution in [-0.4, -0.2) is 29.9 Å². The highest BCUT2D eigenvalue weighted by atomic mass is 15.0. The summed E-state index contributed by atoms with van der Waals surface area (Å²) < 4.78 is 0. The van der Waals surface area contributed by atoms with Gasteiger partial charge in [0.1, 0.15) is 0 Å². The first kappa shape index (κ1) is 66.5. The normalized spacial score (nSPS) is 11.5. The molecule has 0 aliphatic heterocycles. The summed E-state index contributed by atoms with van der Waals surface area (Å²) in [5.41, 5.74) is 28.7. The Bertz CT molecular complexity index is 7220. The first-order chi connectivity index (χ1) is 56.4. The molecule has 2 aromatic heterocycles. The molecule has 0 N–H and O–H groups in total. The maximum atomic E-state index is 9.54. The van der Waals surface area contributed by atoms with Crippen molar-refractivity contribution in [2.75, 3.05) is 0 Å². The van der Waals surface area contributed by atoms with E-state index in [0.29, 0.717) is 46.1 Å². The Kier molecular flexibility index (Phi) is 16.2. The van der Waals surface area contributed by atoms with Crippen LogP contribution in [0.4, 0.5) is 0 Å². The number of benzene rings is 18. The van der Waals surface area contributed by atoms with Crippen LogP contribution in [-0.2, 0) is 0 Å². The first-order valence-corrected chi connectivity index (χ1v) is 38.2. The van der Waals surface area contributed by atoms with Crippen molar-refractivity contribution >= 4 is 53.9 Å². The SMILES string of the molecule is N#Cc1ccc2cc(-c3ccc4c5c(ccc(-c6ccc(-c7ccc(-c8nc(-c9ccccc9)nc(-c9ccccc9)n8)cc7)cc6)c35)-c3ccccc3-4)ccc2c1.N#Cc1ccc2cc(-c3ccc4c5c(ccc(-c6ccc(-c7nc(-c8ccccc8)nc(-c8ccccc8)n7)c7ccccc67)c35)-c3ccccc3-4)ccc2c1. The topological polar surface area (TPSA) is 125 Å². The number of aromatic nitrogens is 6. The van der Waals surface area contributed by atoms with Gasteiger partial charge in [-0.2, -0.15) is 10.5 Å². The minimum Gasteiger partial charge on any atom is -0.208 e. The highest BCUT2D eigenvalue weighted by Gasteiger charge is 2.29. The van der Waals surface area contributed by atoms with E-state index in [1.807, 2.05) is 158 Å². The summed E-state index contributed by atoms with van der Waals surface area (Å²) in [5, 5.41) is 30.6. The Balaban J connectivity index is 0.000000143. The molecule has 0 amide bonds. The lowest BCUT2D eigenvalue weighted by molar-refractivity contribution is 1.07. The van der Waals surface area contributed by atoms with Crippen LogP contribution in [0.5, 0.6) is 0 Å². The average Bonchev–Trinajstić information content (AvgIpc) is 1.54. The van der Waals surface area contributed by atoms with Crippen molar-refractivity contribution < 1.29 is 0 Å². The predicted octanol–water partition coefficient (Wildman–Crippen LogP) is 26.9. The number of rotatable bonds is 11. The Hall–Kier alpha value is -15.7. The monoisotopic (exact) mass is 1450 g/mol. The van der Waals surface area contributed by atoms with E-state index >= 15 is 0 Å². The van der Waals surface area contributed by atoms with Gasteiger partial charge in [0.2, 0.25) is 0 Å². The molecule has 0 bridgehead atoms. The average molecular weight is 1450 g/mol. The van der Waals surface area contributed by atoms with E-state index in [1.165, 1.54) is 88.3 Å². The minimum atomic E-state index is 0.632. The molecule has 0 saturated carbocycles. The second-order valence-corrected chi connectivity index (χ2v) is 28.9. The molecule has 2 heterocycles. The summed E-state index contributed by atoms with van der Waals surface area (Å²) in [6.45, 7) is 0. The van der Waals surface area contributed by atoms with Crippen LogP contribution in [0, 0.1) is 22.7 Å². The van der Waals surface area contributed by atoms with E-state index in [9.17, 15) is 10.5 Å². The van der Waals surface area contributed by atoms with Gasteiger partial charge in [0.05, 0.1) is 23.3 Å². The molecule has 22 rings (SSSR count). The highest BCUT2D eigenvalue weighted by Crippen LogP contribution is 2.55. The lowest BCUT2D eigenvalue weighted by atomic mass is 9.86. The van der Waals surface area contributed by atoms with Crippen LogP contribution >= 0.6 is 0 Å². The van der Waals surface area contributed by atoms with Crippen molar-refractivity contribution in [3.63, 3.8) is 0 Å². The maximum absolute atomic E-state index is 9.54. The molecule has 526 valence electrons. The zero-order valence-corrected chi connectivity index (χ0v) is 61.4. The lowest BCUT2D eigenvalue weighted by Crippen LogP contribution is -2.00. The molecule has 0 fully saturated rings. The summed E-state index contributed by atoms with van der Waals surface area (Å²) >= 11 is 0. The maximum Gasteiger partial charge on any atom is 0.164 e. The lowest BCUT2D eigenvalue weighted by Gasteiger charge is -2.18. The molecule has 0 atom stereocenters. The van der Waals surface area contributed by atoms with Crippen LogP contribution in [0.2, 0.25) is 0 Å². The van der Waals surface area contributed by atoms with Crippen molar-refractivity contribution in [1.82, 2.24) is 29.9 Å². The summed E-state index contributed by atoms with van der Waals surface area (Å²) in [6.07, 6.45) is 0. The van der Waals surface area contributed by atoms with Crippen LogP contribution in [0.3, 0.4) is 0 Å². The van der Waals surface area contributed by atoms with Gasteiger partial charge in [-0.25, -0.2) is 29.9 Å². The summed E-state index contributed by atoms with van der Waals surface area (Å²) in [6, 6.07) is 136. The Labute approximate surface area is 657 Å². The van der Waals surface area contributed by atoms with Crippen molar-refractivity contribution in [2.45, 2.75) is 0 Å². The van der Waals surface area contributed by atoms with Gasteiger partial charge in [0.25, 0.3) is 0 Å². The molecule has 2 aliphatic carbocycles. The van der Waals surface area contributed by atoms with Crippen LogP contribution < -0.4 is 0 Å². The molecule has 2 aliphatic rings. The van der Waals surface area contributed by atoms with Gasteiger partial charge in [-0.3, -0.25) is 0 Å². The zero-order chi connectivity index (χ0) is 75.7. The standard InChI is InChI=1S/C54H32N4.C52H30N4/c55-33-34-15-16-42-32-43(26-25-41(42)31-34)45-28-30-49-47-14-8-7-13-46(47)48-29-27-44(50(45)51(48)49)37-21-17-35(18-22-37)36-19-23-40(24-20-36)54-57-52(38-9-3-1-4-10-38)56-53(58-54)39-11-5-2-6-12-39;53-31-32-19-20-36-30-37(22-21-35(36)29-32)38-23-25-44-40-16-8-9-17-41(40)45-26-27-46(48(38)49(44)45)43-24-28-47(42-18-10-7-15-39(42)43)52-55-50(33-11-3-1-4-12-33)54-51(56-52)34-13-5-2-6-14-34/h1-32H;1-30H. The third-order valence-electron chi connectivity index (χ3n) is 22.4. The molecule has 8 nitrogen and oxygen atoms in total. The third kappa shape index (κ3) is 11.6. The number of nitrogens with zero attached hydrogens (tertiary/aromatic N) is 8. The van der Waals surface area contributed by atoms with Crippen LogP contribution in [0.25, 0.3) is 222 Å². The van der Waals surface area contributed by atoms with Gasteiger partial charge >= 0.3 is 0 Å². The molecule has 0 radical (unpaired) electrons. The summed E-state index contributed by atoms with van der Waals surface area (Å²) in [7, 11) is 0. The molecule has 0 spiro atoms. The fraction of sp³-hybridized carbons (Fsp3) is 0. The van der Waals surface area contributed by atoms with Gasteiger partial charge in [-0.1, -0.05) is 334 Å². The molecule has 20 aromatic rings. The second-order valence-electron chi connectivity index (χ2n) is 28.9. The van der Waals surface area contributed by atoms with E-state index in [4.69, 9.17) is 29.9 Å². The van der Waals surface area contributed by atoms with E-state index in [1.54, 1.807) is 0 Å². The molecular weight excluding hydrogens is 1390 g/mol. The highest BCUT2D eigenvalue weighted by molar-refractivity contribution is 6.25. The minimum absolute atomic E-state index is 0.632. The van der Waals surface area contributed by atoms with E-state index in [-0.39, 0.29) is 0 Å². The number of hydrogen-bond acceptors (Lipinski definition) is 8. The fourth-order valence-electron chi connectivity index (χ4n) is 17.0. The molecule has 8 heteroatoms. The van der Waals surface area contributed by atoms with E-state index in [2.05, 4.69) is 231 Å². The summed E-state index contributed by atoms with van der Waals surface area (Å²) in [4.78, 5) is 29.8. The van der Waals surface area contributed by atoms with E-state index in [0.717, 1.165) is 99.1 Å². The molecular formula is C106H62N8. The number of hydrogen-bond donors (Lipinski definition) is 0. The van der Waals surface area contributed by atoms with Gasteiger partial charge in [-0.15, -0.1) is 0 Å². The number of nitriles is 2. The van der Waals surface area contributed by atoms with Gasteiger partial charge in [0, 0.05) is 33.4 Å². The smallest absolute Gasteiger partial charge is 0.164 e. The Morgan fingerprint density at radius 3 is 0.789 bits per heavy atom. The first-order valence-electron chi connectivity index (χ1n) is 38.2. The Morgan fingerprint density at radius 1 is 0.158 bits per heavy atom. The fourth-order valence-corrected chi connectivity index (χ4v) is 17.0. The van der Waals surface area contributed by atoms with Gasteiger partial charge in [0.15, 0.2) is 34.9 Å². The molecule has 0 saturated heterocycles. The van der Waals surface area contributed by atoms with Gasteiger partial charge in [-0.05, 0) is 196 Å². The van der Waals surface area contributed by atoms with Crippen molar-refractivity contribution in [3.8, 4) is 181 Å². The Morgan fingerprint density at radius 2 is 0.404 bits per heavy atom. The quantitative estimate of drug-likeness (QED) is 0.125. The third-order valence-corrected chi connectivity index (χ3v) is 22.4. The predicted molar refractivity (Wildman–Crippen MR) is 465 cm³/mol. The summed E-state index contributed by atoms with van der Waals surface area (Å²) in [5.74, 6) is 3.84. The van der Waals surface area contributed by atoms with Gasteiger partial charge < -0.3 is 0 Å². The number of fused-ring (bicyclic) bond motifs is 9. The van der Waals surface area contributed by atoms with Crippen molar-refractivity contribution in [1.29, 1.82) is 10.5 Å².